The highest BCUT2D eigenvalue weighted by Gasteiger charge is 2.35. The first kappa shape index (κ1) is 21.1. The van der Waals surface area contributed by atoms with E-state index in [0.717, 1.165) is 6.07 Å². The monoisotopic (exact) mass is 448 g/mol. The molecule has 1 saturated heterocycles. The van der Waals surface area contributed by atoms with Crippen LogP contribution in [-0.2, 0) is 9.53 Å². The minimum Gasteiger partial charge on any atom is -0.434 e. The summed E-state index contributed by atoms with van der Waals surface area (Å²) in [5.74, 6) is -1.27. The molecule has 0 unspecified atom stereocenters. The Morgan fingerprint density at radius 3 is 2.41 bits per heavy atom. The van der Waals surface area contributed by atoms with E-state index in [1.54, 1.807) is 0 Å². The van der Waals surface area contributed by atoms with Gasteiger partial charge in [0.2, 0.25) is 0 Å². The summed E-state index contributed by atoms with van der Waals surface area (Å²) in [6.45, 7) is -0.0649. The zero-order valence-electron chi connectivity index (χ0n) is 14.4. The topological polar surface area (TPSA) is 76.7 Å². The van der Waals surface area contributed by atoms with Gasteiger partial charge in [-0.15, -0.1) is 13.2 Å². The number of alkyl halides is 3. The van der Waals surface area contributed by atoms with Gasteiger partial charge in [0.05, 0.1) is 12.6 Å². The van der Waals surface area contributed by atoms with Crippen LogP contribution in [0.2, 0.25) is 10.0 Å². The molecular formula is C18H13Cl2F3N2O4. The maximum absolute atomic E-state index is 12.9. The van der Waals surface area contributed by atoms with Crippen molar-refractivity contribution in [3.05, 3.63) is 63.6 Å². The van der Waals surface area contributed by atoms with Crippen LogP contribution in [0.15, 0.2) is 42.5 Å². The Morgan fingerprint density at radius 2 is 1.83 bits per heavy atom. The number of amides is 2. The zero-order chi connectivity index (χ0) is 21.2. The van der Waals surface area contributed by atoms with Crippen molar-refractivity contribution in [2.45, 2.75) is 18.5 Å². The maximum Gasteiger partial charge on any atom is 0.573 e. The quantitative estimate of drug-likeness (QED) is 0.718. The second kappa shape index (κ2) is 8.38. The normalized spacial score (nSPS) is 17.3. The smallest absolute Gasteiger partial charge is 0.434 e. The molecule has 2 aromatic rings. The fraction of sp³-hybridized carbons (Fsp3) is 0.222. The van der Waals surface area contributed by atoms with E-state index in [-0.39, 0.29) is 17.1 Å². The van der Waals surface area contributed by atoms with Gasteiger partial charge in [-0.1, -0.05) is 41.4 Å². The predicted molar refractivity (Wildman–Crippen MR) is 97.8 cm³/mol. The molecule has 2 N–H and O–H groups in total. The highest BCUT2D eigenvalue weighted by Crippen LogP contribution is 2.36. The molecule has 0 radical (unpaired) electrons. The van der Waals surface area contributed by atoms with E-state index in [4.69, 9.17) is 27.9 Å². The zero-order valence-corrected chi connectivity index (χ0v) is 15.9. The van der Waals surface area contributed by atoms with Crippen LogP contribution in [0.3, 0.4) is 0 Å². The third-order valence-electron chi connectivity index (χ3n) is 3.98. The van der Waals surface area contributed by atoms with E-state index in [0.29, 0.717) is 10.6 Å². The van der Waals surface area contributed by atoms with Crippen molar-refractivity contribution in [2.24, 2.45) is 0 Å². The van der Waals surface area contributed by atoms with Gasteiger partial charge in [-0.05, 0) is 29.8 Å². The standard InChI is InChI=1S/C18H13Cl2F3N2O4/c19-10-3-1-9(2-4-10)15(25-16(26)14-8-24-17(27)28-14)12-6-5-11(20)7-13(12)29-18(21,22)23/h1-7,14-15H,8H2,(H,24,27)(H,25,26)/t14-,15+/m0/s1. The lowest BCUT2D eigenvalue weighted by atomic mass is 9.97. The largest absolute Gasteiger partial charge is 0.573 e. The van der Waals surface area contributed by atoms with Gasteiger partial charge in [0.15, 0.2) is 6.10 Å². The summed E-state index contributed by atoms with van der Waals surface area (Å²) in [4.78, 5) is 23.7. The number of ether oxygens (including phenoxy) is 2. The summed E-state index contributed by atoms with van der Waals surface area (Å²) in [6.07, 6.45) is -6.86. The van der Waals surface area contributed by atoms with Gasteiger partial charge < -0.3 is 20.1 Å². The molecule has 0 aliphatic carbocycles. The number of hydrogen-bond donors (Lipinski definition) is 2. The first-order valence-electron chi connectivity index (χ1n) is 8.18. The number of carbonyl (C=O) groups excluding carboxylic acids is 2. The van der Waals surface area contributed by atoms with Crippen LogP contribution in [0, 0.1) is 0 Å². The molecule has 11 heteroatoms. The minimum absolute atomic E-state index is 0.000296. The maximum atomic E-state index is 12.9. The summed E-state index contributed by atoms with van der Waals surface area (Å²) in [6, 6.07) is 8.73. The van der Waals surface area contributed by atoms with Crippen molar-refractivity contribution in [3.63, 3.8) is 0 Å². The SMILES string of the molecule is O=C1NC[C@@H](C(=O)N[C@H](c2ccc(Cl)cc2)c2ccc(Cl)cc2OC(F)(F)F)O1. The molecule has 0 aromatic heterocycles. The number of hydrogen-bond acceptors (Lipinski definition) is 4. The average Bonchev–Trinajstić information content (AvgIpc) is 3.06. The second-order valence-electron chi connectivity index (χ2n) is 6.00. The minimum atomic E-state index is -4.97. The first-order valence-corrected chi connectivity index (χ1v) is 8.93. The molecule has 6 nitrogen and oxygen atoms in total. The fourth-order valence-electron chi connectivity index (χ4n) is 2.73. The third-order valence-corrected chi connectivity index (χ3v) is 4.46. The Hall–Kier alpha value is -2.65. The van der Waals surface area contributed by atoms with E-state index in [1.165, 1.54) is 36.4 Å². The molecule has 0 bridgehead atoms. The molecule has 2 amide bonds. The van der Waals surface area contributed by atoms with Crippen molar-refractivity contribution in [2.75, 3.05) is 6.54 Å². The molecule has 1 aliphatic rings. The molecule has 2 aromatic carbocycles. The van der Waals surface area contributed by atoms with Crippen LogP contribution in [0.4, 0.5) is 18.0 Å². The second-order valence-corrected chi connectivity index (χ2v) is 6.87. The number of rotatable bonds is 5. The van der Waals surface area contributed by atoms with Crippen molar-refractivity contribution in [1.82, 2.24) is 10.6 Å². The Morgan fingerprint density at radius 1 is 1.17 bits per heavy atom. The number of nitrogens with one attached hydrogen (secondary N) is 2. The van der Waals surface area contributed by atoms with E-state index in [2.05, 4.69) is 15.4 Å². The van der Waals surface area contributed by atoms with Crippen molar-refractivity contribution < 1.29 is 32.2 Å². The first-order chi connectivity index (χ1) is 13.6. The van der Waals surface area contributed by atoms with Gasteiger partial charge in [-0.25, -0.2) is 4.79 Å². The lowest BCUT2D eigenvalue weighted by molar-refractivity contribution is -0.274. The highest BCUT2D eigenvalue weighted by molar-refractivity contribution is 6.31. The van der Waals surface area contributed by atoms with E-state index in [9.17, 15) is 22.8 Å². The van der Waals surface area contributed by atoms with E-state index < -0.39 is 36.3 Å². The van der Waals surface area contributed by atoms with Crippen LogP contribution in [0.25, 0.3) is 0 Å². The lowest BCUT2D eigenvalue weighted by Gasteiger charge is -2.24. The van der Waals surface area contributed by atoms with Gasteiger partial charge >= 0.3 is 12.5 Å². The molecule has 3 rings (SSSR count). The summed E-state index contributed by atoms with van der Waals surface area (Å²) in [5.41, 5.74) is 0.425. The Bertz CT molecular complexity index is 922. The van der Waals surface area contributed by atoms with E-state index >= 15 is 0 Å². The number of alkyl carbamates (subject to hydrolysis) is 1. The van der Waals surface area contributed by atoms with Gasteiger partial charge in [0, 0.05) is 15.6 Å². The molecule has 1 fully saturated rings. The van der Waals surface area contributed by atoms with Crippen LogP contribution in [0.1, 0.15) is 17.2 Å². The molecule has 0 spiro atoms. The number of benzene rings is 2. The average molecular weight is 449 g/mol. The van der Waals surface area contributed by atoms with Gasteiger partial charge in [-0.3, -0.25) is 4.79 Å². The van der Waals surface area contributed by atoms with Crippen LogP contribution >= 0.6 is 23.2 Å². The third kappa shape index (κ3) is 5.45. The molecule has 29 heavy (non-hydrogen) atoms. The Kier molecular flexibility index (Phi) is 6.09. The summed E-state index contributed by atoms with van der Waals surface area (Å²) in [7, 11) is 0. The molecule has 1 aliphatic heterocycles. The molecule has 0 saturated carbocycles. The fourth-order valence-corrected chi connectivity index (χ4v) is 3.01. The number of carbonyl (C=O) groups is 2. The lowest BCUT2D eigenvalue weighted by Crippen LogP contribution is -2.39. The Labute approximate surface area is 172 Å². The van der Waals surface area contributed by atoms with Crippen LogP contribution < -0.4 is 15.4 Å². The van der Waals surface area contributed by atoms with E-state index in [1.807, 2.05) is 0 Å². The van der Waals surface area contributed by atoms with Crippen molar-refractivity contribution in [1.29, 1.82) is 0 Å². The number of cyclic esters (lactones) is 1. The van der Waals surface area contributed by atoms with Gasteiger partial charge in [0.25, 0.3) is 5.91 Å². The molecule has 154 valence electrons. The molecule has 2 atom stereocenters. The predicted octanol–water partition coefficient (Wildman–Crippen LogP) is 4.21. The van der Waals surface area contributed by atoms with Crippen molar-refractivity contribution in [3.8, 4) is 5.75 Å². The summed E-state index contributed by atoms with van der Waals surface area (Å²) >= 11 is 11.7. The van der Waals surface area contributed by atoms with Gasteiger partial charge in [0.1, 0.15) is 5.75 Å². The van der Waals surface area contributed by atoms with Crippen LogP contribution in [-0.4, -0.2) is 31.0 Å². The summed E-state index contributed by atoms with van der Waals surface area (Å²) < 4.78 is 47.6. The van der Waals surface area contributed by atoms with Crippen molar-refractivity contribution >= 4 is 35.2 Å². The van der Waals surface area contributed by atoms with Gasteiger partial charge in [-0.2, -0.15) is 0 Å². The van der Waals surface area contributed by atoms with Crippen LogP contribution in [0.5, 0.6) is 5.75 Å². The highest BCUT2D eigenvalue weighted by atomic mass is 35.5. The number of halogens is 5. The summed E-state index contributed by atoms with van der Waals surface area (Å²) in [5, 5.41) is 5.33. The molecule has 1 heterocycles. The molecular weight excluding hydrogens is 436 g/mol. The Balaban J connectivity index is 2.00.